The van der Waals surface area contributed by atoms with Gasteiger partial charge in [-0.3, -0.25) is 0 Å². The standard InChI is InChI=1S/C16H16FNO2/c1-20-16-8-5-10(9-15(16)19)18-14-7-6-11-12(14)3-2-4-13(11)17/h2-5,8-9,14,18-19H,6-7H2,1H3. The maximum Gasteiger partial charge on any atom is 0.160 e. The van der Waals surface area contributed by atoms with Crippen LogP contribution in [0.5, 0.6) is 11.5 Å². The van der Waals surface area contributed by atoms with Crippen molar-refractivity contribution in [1.29, 1.82) is 0 Å². The molecule has 2 aromatic rings. The normalized spacial score (nSPS) is 16.8. The Balaban J connectivity index is 1.84. The molecule has 1 aliphatic rings. The quantitative estimate of drug-likeness (QED) is 0.897. The second kappa shape index (κ2) is 5.04. The number of ether oxygens (including phenoxy) is 1. The van der Waals surface area contributed by atoms with E-state index < -0.39 is 0 Å². The lowest BCUT2D eigenvalue weighted by molar-refractivity contribution is 0.373. The number of nitrogens with one attached hydrogen (secondary N) is 1. The third-order valence-electron chi connectivity index (χ3n) is 3.73. The zero-order valence-corrected chi connectivity index (χ0v) is 11.2. The highest BCUT2D eigenvalue weighted by Gasteiger charge is 2.24. The lowest BCUT2D eigenvalue weighted by atomic mass is 10.1. The Morgan fingerprint density at radius 2 is 2.15 bits per heavy atom. The molecule has 1 unspecified atom stereocenters. The van der Waals surface area contributed by atoms with Gasteiger partial charge in [-0.05, 0) is 42.2 Å². The fraction of sp³-hybridized carbons (Fsp3) is 0.250. The van der Waals surface area contributed by atoms with E-state index in [2.05, 4.69) is 5.32 Å². The first-order valence-electron chi connectivity index (χ1n) is 6.60. The molecule has 0 fully saturated rings. The van der Waals surface area contributed by atoms with Crippen LogP contribution in [0.3, 0.4) is 0 Å². The van der Waals surface area contributed by atoms with E-state index in [0.29, 0.717) is 5.75 Å². The molecule has 0 spiro atoms. The van der Waals surface area contributed by atoms with Gasteiger partial charge in [0.1, 0.15) is 5.82 Å². The molecular formula is C16H16FNO2. The summed E-state index contributed by atoms with van der Waals surface area (Å²) < 4.78 is 18.7. The van der Waals surface area contributed by atoms with Crippen LogP contribution in [0.15, 0.2) is 36.4 Å². The molecule has 2 N–H and O–H groups in total. The van der Waals surface area contributed by atoms with E-state index in [1.54, 1.807) is 18.2 Å². The summed E-state index contributed by atoms with van der Waals surface area (Å²) in [6.07, 6.45) is 1.59. The minimum Gasteiger partial charge on any atom is -0.504 e. The average molecular weight is 273 g/mol. The lowest BCUT2D eigenvalue weighted by Gasteiger charge is -2.16. The predicted molar refractivity (Wildman–Crippen MR) is 75.7 cm³/mol. The third-order valence-corrected chi connectivity index (χ3v) is 3.73. The van der Waals surface area contributed by atoms with E-state index in [0.717, 1.165) is 29.7 Å². The van der Waals surface area contributed by atoms with Crippen LogP contribution in [0.4, 0.5) is 10.1 Å². The summed E-state index contributed by atoms with van der Waals surface area (Å²) in [5.74, 6) is 0.396. The van der Waals surface area contributed by atoms with Gasteiger partial charge >= 0.3 is 0 Å². The fourth-order valence-corrected chi connectivity index (χ4v) is 2.74. The number of anilines is 1. The van der Waals surface area contributed by atoms with Crippen molar-refractivity contribution >= 4 is 5.69 Å². The van der Waals surface area contributed by atoms with Gasteiger partial charge in [-0.1, -0.05) is 12.1 Å². The van der Waals surface area contributed by atoms with Gasteiger partial charge in [-0.25, -0.2) is 4.39 Å². The molecule has 0 bridgehead atoms. The molecular weight excluding hydrogens is 257 g/mol. The zero-order valence-electron chi connectivity index (χ0n) is 11.2. The third kappa shape index (κ3) is 2.18. The number of hydrogen-bond acceptors (Lipinski definition) is 3. The summed E-state index contributed by atoms with van der Waals surface area (Å²) in [6, 6.07) is 10.4. The van der Waals surface area contributed by atoms with Crippen molar-refractivity contribution in [2.45, 2.75) is 18.9 Å². The summed E-state index contributed by atoms with van der Waals surface area (Å²) in [7, 11) is 1.51. The highest BCUT2D eigenvalue weighted by atomic mass is 19.1. The molecule has 0 aliphatic heterocycles. The number of aromatic hydroxyl groups is 1. The van der Waals surface area contributed by atoms with E-state index in [4.69, 9.17) is 4.74 Å². The summed E-state index contributed by atoms with van der Waals surface area (Å²) in [6.45, 7) is 0. The molecule has 20 heavy (non-hydrogen) atoms. The second-order valence-electron chi connectivity index (χ2n) is 4.93. The van der Waals surface area contributed by atoms with Crippen molar-refractivity contribution in [2.24, 2.45) is 0 Å². The smallest absolute Gasteiger partial charge is 0.160 e. The van der Waals surface area contributed by atoms with Crippen LogP contribution in [-0.2, 0) is 6.42 Å². The van der Waals surface area contributed by atoms with E-state index in [1.165, 1.54) is 13.2 Å². The van der Waals surface area contributed by atoms with Crippen molar-refractivity contribution in [3.8, 4) is 11.5 Å². The Hall–Kier alpha value is -2.23. The summed E-state index contributed by atoms with van der Waals surface area (Å²) in [4.78, 5) is 0. The molecule has 0 saturated heterocycles. The highest BCUT2D eigenvalue weighted by molar-refractivity contribution is 5.56. The Bertz CT molecular complexity index is 642. The van der Waals surface area contributed by atoms with Crippen molar-refractivity contribution in [1.82, 2.24) is 0 Å². The van der Waals surface area contributed by atoms with E-state index >= 15 is 0 Å². The van der Waals surface area contributed by atoms with Crippen molar-refractivity contribution in [3.05, 3.63) is 53.3 Å². The first-order chi connectivity index (χ1) is 9.69. The SMILES string of the molecule is COc1ccc(NC2CCc3c(F)cccc32)cc1O. The molecule has 0 aromatic heterocycles. The van der Waals surface area contributed by atoms with E-state index in [9.17, 15) is 9.50 Å². The van der Waals surface area contributed by atoms with Crippen molar-refractivity contribution in [3.63, 3.8) is 0 Å². The number of phenolic OH excluding ortho intramolecular Hbond substituents is 1. The molecule has 1 atom stereocenters. The zero-order chi connectivity index (χ0) is 14.1. The molecule has 0 heterocycles. The van der Waals surface area contributed by atoms with Gasteiger partial charge in [-0.2, -0.15) is 0 Å². The number of benzene rings is 2. The topological polar surface area (TPSA) is 41.5 Å². The number of phenols is 1. The number of hydrogen-bond donors (Lipinski definition) is 2. The van der Waals surface area contributed by atoms with Crippen LogP contribution in [-0.4, -0.2) is 12.2 Å². The molecule has 0 saturated carbocycles. The van der Waals surface area contributed by atoms with Crippen LogP contribution in [0.1, 0.15) is 23.6 Å². The molecule has 104 valence electrons. The molecule has 3 rings (SSSR count). The lowest BCUT2D eigenvalue weighted by Crippen LogP contribution is -2.07. The van der Waals surface area contributed by atoms with Crippen molar-refractivity contribution < 1.29 is 14.2 Å². The molecule has 3 nitrogen and oxygen atoms in total. The Labute approximate surface area is 117 Å². The van der Waals surface area contributed by atoms with Crippen LogP contribution in [0.2, 0.25) is 0 Å². The molecule has 1 aliphatic carbocycles. The van der Waals surface area contributed by atoms with E-state index in [1.807, 2.05) is 12.1 Å². The van der Waals surface area contributed by atoms with Crippen LogP contribution in [0, 0.1) is 5.82 Å². The average Bonchev–Trinajstić information content (AvgIpc) is 2.84. The predicted octanol–water partition coefficient (Wildman–Crippen LogP) is 3.64. The Kier molecular flexibility index (Phi) is 3.22. The highest BCUT2D eigenvalue weighted by Crippen LogP contribution is 2.36. The Morgan fingerprint density at radius 3 is 2.90 bits per heavy atom. The first-order valence-corrected chi connectivity index (χ1v) is 6.60. The molecule has 0 radical (unpaired) electrons. The van der Waals surface area contributed by atoms with Crippen LogP contribution in [0.25, 0.3) is 0 Å². The largest absolute Gasteiger partial charge is 0.504 e. The van der Waals surface area contributed by atoms with E-state index in [-0.39, 0.29) is 17.6 Å². The van der Waals surface area contributed by atoms with Crippen LogP contribution >= 0.6 is 0 Å². The van der Waals surface area contributed by atoms with Gasteiger partial charge in [-0.15, -0.1) is 0 Å². The molecule has 4 heteroatoms. The van der Waals surface area contributed by atoms with Gasteiger partial charge in [0.2, 0.25) is 0 Å². The maximum atomic E-state index is 13.7. The van der Waals surface area contributed by atoms with Gasteiger partial charge < -0.3 is 15.2 Å². The number of methoxy groups -OCH3 is 1. The van der Waals surface area contributed by atoms with Gasteiger partial charge in [0.05, 0.1) is 13.2 Å². The maximum absolute atomic E-state index is 13.7. The number of fused-ring (bicyclic) bond motifs is 1. The number of halogens is 1. The van der Waals surface area contributed by atoms with Gasteiger partial charge in [0, 0.05) is 11.8 Å². The Morgan fingerprint density at radius 1 is 1.30 bits per heavy atom. The summed E-state index contributed by atoms with van der Waals surface area (Å²) in [5.41, 5.74) is 2.59. The fourth-order valence-electron chi connectivity index (χ4n) is 2.74. The minimum absolute atomic E-state index is 0.0773. The first kappa shape index (κ1) is 12.8. The summed E-state index contributed by atoms with van der Waals surface area (Å²) in [5, 5.41) is 13.1. The van der Waals surface area contributed by atoms with Crippen LogP contribution < -0.4 is 10.1 Å². The number of rotatable bonds is 3. The minimum atomic E-state index is -0.135. The van der Waals surface area contributed by atoms with Gasteiger partial charge in [0.25, 0.3) is 0 Å². The monoisotopic (exact) mass is 273 g/mol. The summed E-state index contributed by atoms with van der Waals surface area (Å²) >= 11 is 0. The van der Waals surface area contributed by atoms with Crippen molar-refractivity contribution in [2.75, 3.05) is 12.4 Å². The second-order valence-corrected chi connectivity index (χ2v) is 4.93. The van der Waals surface area contributed by atoms with Gasteiger partial charge in [0.15, 0.2) is 11.5 Å². The molecule has 0 amide bonds. The molecule has 2 aromatic carbocycles.